The molecule has 0 fully saturated rings. The van der Waals surface area contributed by atoms with Gasteiger partial charge in [-0.1, -0.05) is 24.3 Å². The molecule has 0 spiro atoms. The van der Waals surface area contributed by atoms with Gasteiger partial charge in [0.1, 0.15) is 11.5 Å². The fourth-order valence-electron chi connectivity index (χ4n) is 2.24. The third-order valence-corrected chi connectivity index (χ3v) is 4.19. The smallest absolute Gasteiger partial charge is 0.335 e. The van der Waals surface area contributed by atoms with Gasteiger partial charge in [-0.2, -0.15) is 5.10 Å². The van der Waals surface area contributed by atoms with Crippen LogP contribution in [0.2, 0.25) is 0 Å². The molecule has 0 aliphatic carbocycles. The Morgan fingerprint density at radius 2 is 1.88 bits per heavy atom. The van der Waals surface area contributed by atoms with Crippen LogP contribution < -0.4 is 5.43 Å². The second-order valence-electron chi connectivity index (χ2n) is 5.27. The lowest BCUT2D eigenvalue weighted by Gasteiger charge is -2.01. The van der Waals surface area contributed by atoms with Crippen molar-refractivity contribution in [2.45, 2.75) is 0 Å². The highest BCUT2D eigenvalue weighted by Crippen LogP contribution is 2.22. The van der Waals surface area contributed by atoms with E-state index in [0.717, 1.165) is 0 Å². The van der Waals surface area contributed by atoms with Gasteiger partial charge in [-0.3, -0.25) is 4.79 Å². The van der Waals surface area contributed by atoms with Crippen LogP contribution in [0.4, 0.5) is 0 Å². The number of furan rings is 1. The molecular formula is C19H13BrN2O4. The van der Waals surface area contributed by atoms with Crippen LogP contribution in [-0.4, -0.2) is 23.2 Å². The summed E-state index contributed by atoms with van der Waals surface area (Å²) in [6.07, 6.45) is 1.37. The number of hydrogen-bond acceptors (Lipinski definition) is 4. The predicted molar refractivity (Wildman–Crippen MR) is 100 cm³/mol. The first-order valence-electron chi connectivity index (χ1n) is 7.56. The molecule has 1 aromatic heterocycles. The van der Waals surface area contributed by atoms with Gasteiger partial charge < -0.3 is 9.52 Å². The average molecular weight is 413 g/mol. The second-order valence-corrected chi connectivity index (χ2v) is 6.12. The Balaban J connectivity index is 1.70. The molecule has 0 saturated carbocycles. The Morgan fingerprint density at radius 1 is 1.08 bits per heavy atom. The minimum absolute atomic E-state index is 0.176. The monoisotopic (exact) mass is 412 g/mol. The number of halogens is 1. The van der Waals surface area contributed by atoms with E-state index in [0.29, 0.717) is 27.1 Å². The lowest BCUT2D eigenvalue weighted by Crippen LogP contribution is -2.17. The summed E-state index contributed by atoms with van der Waals surface area (Å²) in [5.41, 5.74) is 3.71. The Morgan fingerprint density at radius 3 is 2.65 bits per heavy atom. The van der Waals surface area contributed by atoms with Crippen LogP contribution in [0.15, 0.2) is 74.7 Å². The molecule has 7 heteroatoms. The van der Waals surface area contributed by atoms with Crippen molar-refractivity contribution in [2.75, 3.05) is 0 Å². The van der Waals surface area contributed by atoms with E-state index >= 15 is 0 Å². The van der Waals surface area contributed by atoms with Crippen molar-refractivity contribution < 1.29 is 19.1 Å². The molecule has 0 unspecified atom stereocenters. The maximum Gasteiger partial charge on any atom is 0.335 e. The number of carboxylic acid groups (broad SMARTS) is 1. The number of aromatic carboxylic acids is 1. The zero-order valence-corrected chi connectivity index (χ0v) is 14.9. The molecular weight excluding hydrogens is 400 g/mol. The Hall–Kier alpha value is -3.19. The van der Waals surface area contributed by atoms with Crippen LogP contribution in [0.25, 0.3) is 11.3 Å². The van der Waals surface area contributed by atoms with Gasteiger partial charge in [0.05, 0.1) is 17.3 Å². The maximum atomic E-state index is 12.0. The Kier molecular flexibility index (Phi) is 5.28. The number of benzene rings is 2. The van der Waals surface area contributed by atoms with Gasteiger partial charge in [0.25, 0.3) is 5.91 Å². The number of carboxylic acids is 1. The van der Waals surface area contributed by atoms with Gasteiger partial charge in [-0.05, 0) is 52.3 Å². The molecule has 130 valence electrons. The molecule has 2 aromatic carbocycles. The minimum atomic E-state index is -1.00. The van der Waals surface area contributed by atoms with Crippen LogP contribution >= 0.6 is 15.9 Å². The quantitative estimate of drug-likeness (QED) is 0.485. The summed E-state index contributed by atoms with van der Waals surface area (Å²) in [7, 11) is 0. The SMILES string of the molecule is O=C(O)c1cccc(-c2ccc(/C=N/NC(=O)c3ccccc3Br)o2)c1. The van der Waals surface area contributed by atoms with Crippen molar-refractivity contribution in [2.24, 2.45) is 5.10 Å². The summed E-state index contributed by atoms with van der Waals surface area (Å²) >= 11 is 3.31. The van der Waals surface area contributed by atoms with Crippen LogP contribution in [0, 0.1) is 0 Å². The average Bonchev–Trinajstić information content (AvgIpc) is 3.11. The van der Waals surface area contributed by atoms with Gasteiger partial charge in [-0.25, -0.2) is 10.2 Å². The van der Waals surface area contributed by atoms with E-state index in [9.17, 15) is 9.59 Å². The number of carbonyl (C=O) groups is 2. The number of nitrogens with zero attached hydrogens (tertiary/aromatic N) is 1. The summed E-state index contributed by atoms with van der Waals surface area (Å²) in [5.74, 6) is -0.426. The normalized spacial score (nSPS) is 10.8. The summed E-state index contributed by atoms with van der Waals surface area (Å²) in [4.78, 5) is 23.1. The molecule has 26 heavy (non-hydrogen) atoms. The van der Waals surface area contributed by atoms with Crippen LogP contribution in [0.5, 0.6) is 0 Å². The number of rotatable bonds is 5. The predicted octanol–water partition coefficient (Wildman–Crippen LogP) is 4.17. The maximum absolute atomic E-state index is 12.0. The first-order valence-corrected chi connectivity index (χ1v) is 8.35. The van der Waals surface area contributed by atoms with Crippen molar-refractivity contribution >= 4 is 34.0 Å². The van der Waals surface area contributed by atoms with E-state index in [4.69, 9.17) is 9.52 Å². The molecule has 3 aromatic rings. The second kappa shape index (κ2) is 7.79. The van der Waals surface area contributed by atoms with E-state index in [1.54, 1.807) is 42.5 Å². The minimum Gasteiger partial charge on any atom is -0.478 e. The Labute approximate surface area is 157 Å². The Bertz CT molecular complexity index is 994. The molecule has 0 bridgehead atoms. The molecule has 0 saturated heterocycles. The van der Waals surface area contributed by atoms with E-state index in [-0.39, 0.29) is 11.5 Å². The first kappa shape index (κ1) is 17.6. The number of hydrazone groups is 1. The highest BCUT2D eigenvalue weighted by atomic mass is 79.9. The third-order valence-electron chi connectivity index (χ3n) is 3.50. The van der Waals surface area contributed by atoms with Crippen LogP contribution in [-0.2, 0) is 0 Å². The van der Waals surface area contributed by atoms with E-state index in [1.807, 2.05) is 6.07 Å². The van der Waals surface area contributed by atoms with Gasteiger partial charge in [0.2, 0.25) is 0 Å². The van der Waals surface area contributed by atoms with Gasteiger partial charge in [-0.15, -0.1) is 0 Å². The summed E-state index contributed by atoms with van der Waals surface area (Å²) in [6, 6.07) is 16.8. The molecule has 1 heterocycles. The molecule has 2 N–H and O–H groups in total. The van der Waals surface area contributed by atoms with Crippen molar-refractivity contribution in [3.05, 3.63) is 82.0 Å². The van der Waals surface area contributed by atoms with E-state index in [2.05, 4.69) is 26.5 Å². The summed E-state index contributed by atoms with van der Waals surface area (Å²) in [5, 5.41) is 12.9. The molecule has 0 radical (unpaired) electrons. The molecule has 0 aliphatic rings. The van der Waals surface area contributed by atoms with Gasteiger partial charge >= 0.3 is 5.97 Å². The zero-order valence-electron chi connectivity index (χ0n) is 13.3. The van der Waals surface area contributed by atoms with Gasteiger partial charge in [0, 0.05) is 10.0 Å². The van der Waals surface area contributed by atoms with E-state index in [1.165, 1.54) is 18.3 Å². The van der Waals surface area contributed by atoms with Crippen LogP contribution in [0.3, 0.4) is 0 Å². The van der Waals surface area contributed by atoms with Crippen molar-refractivity contribution in [1.82, 2.24) is 5.43 Å². The largest absolute Gasteiger partial charge is 0.478 e. The number of carbonyl (C=O) groups excluding carboxylic acids is 1. The standard InChI is InChI=1S/C19H13BrN2O4/c20-16-7-2-1-6-15(16)18(23)22-21-11-14-8-9-17(26-14)12-4-3-5-13(10-12)19(24)25/h1-11H,(H,22,23)(H,24,25)/b21-11+. The molecule has 0 aliphatic heterocycles. The first-order chi connectivity index (χ1) is 12.5. The van der Waals surface area contributed by atoms with Crippen molar-refractivity contribution in [3.63, 3.8) is 0 Å². The van der Waals surface area contributed by atoms with Gasteiger partial charge in [0.15, 0.2) is 0 Å². The van der Waals surface area contributed by atoms with Crippen molar-refractivity contribution in [3.8, 4) is 11.3 Å². The fourth-order valence-corrected chi connectivity index (χ4v) is 2.71. The zero-order chi connectivity index (χ0) is 18.5. The number of nitrogens with one attached hydrogen (secondary N) is 1. The highest BCUT2D eigenvalue weighted by molar-refractivity contribution is 9.10. The van der Waals surface area contributed by atoms with E-state index < -0.39 is 5.97 Å². The molecule has 3 rings (SSSR count). The summed E-state index contributed by atoms with van der Waals surface area (Å²) in [6.45, 7) is 0. The lowest BCUT2D eigenvalue weighted by molar-refractivity contribution is 0.0696. The topological polar surface area (TPSA) is 91.9 Å². The third kappa shape index (κ3) is 4.07. The molecule has 1 amide bonds. The van der Waals surface area contributed by atoms with Crippen molar-refractivity contribution in [1.29, 1.82) is 0 Å². The highest BCUT2D eigenvalue weighted by Gasteiger charge is 2.09. The summed E-state index contributed by atoms with van der Waals surface area (Å²) < 4.78 is 6.29. The lowest BCUT2D eigenvalue weighted by atomic mass is 10.1. The number of hydrogen-bond donors (Lipinski definition) is 2. The molecule has 0 atom stereocenters. The van der Waals surface area contributed by atoms with Crippen LogP contribution in [0.1, 0.15) is 26.5 Å². The number of amides is 1. The molecule has 6 nitrogen and oxygen atoms in total. The fraction of sp³-hybridized carbons (Fsp3) is 0.